The van der Waals surface area contributed by atoms with E-state index in [1.807, 2.05) is 32.2 Å². The summed E-state index contributed by atoms with van der Waals surface area (Å²) in [5, 5.41) is 6.27. The summed E-state index contributed by atoms with van der Waals surface area (Å²) in [4.78, 5) is 12.4. The highest BCUT2D eigenvalue weighted by Gasteiger charge is 2.21. The number of rotatable bonds is 3. The smallest absolute Gasteiger partial charge is 0.253 e. The topological polar surface area (TPSA) is 41.1 Å². The first-order valence-corrected chi connectivity index (χ1v) is 7.19. The Hall–Kier alpha value is -1.51. The zero-order valence-corrected chi connectivity index (χ0v) is 12.1. The number of amides is 1. The van der Waals surface area contributed by atoms with Crippen LogP contribution in [0.15, 0.2) is 18.2 Å². The summed E-state index contributed by atoms with van der Waals surface area (Å²) in [6.07, 6.45) is 4.65. The first-order chi connectivity index (χ1) is 9.10. The van der Waals surface area contributed by atoms with Crippen LogP contribution >= 0.6 is 0 Å². The van der Waals surface area contributed by atoms with Gasteiger partial charge >= 0.3 is 0 Å². The molecule has 1 aliphatic carbocycles. The van der Waals surface area contributed by atoms with Gasteiger partial charge in [-0.05, 0) is 50.7 Å². The van der Waals surface area contributed by atoms with Crippen molar-refractivity contribution >= 4 is 11.6 Å². The van der Waals surface area contributed by atoms with Gasteiger partial charge in [0.05, 0.1) is 5.56 Å². The first kappa shape index (κ1) is 13.9. The van der Waals surface area contributed by atoms with Crippen LogP contribution in [0.5, 0.6) is 0 Å². The van der Waals surface area contributed by atoms with Crippen molar-refractivity contribution in [3.05, 3.63) is 29.3 Å². The van der Waals surface area contributed by atoms with E-state index in [0.29, 0.717) is 6.04 Å². The number of hydrogen-bond acceptors (Lipinski definition) is 2. The lowest BCUT2D eigenvalue weighted by molar-refractivity contribution is 0.0923. The highest BCUT2D eigenvalue weighted by Crippen LogP contribution is 2.24. The van der Waals surface area contributed by atoms with Gasteiger partial charge in [0.1, 0.15) is 0 Å². The summed E-state index contributed by atoms with van der Waals surface area (Å²) in [5.74, 6) is 0.854. The second kappa shape index (κ2) is 6.09. The number of nitrogens with one attached hydrogen (secondary N) is 2. The van der Waals surface area contributed by atoms with Gasteiger partial charge in [-0.1, -0.05) is 18.6 Å². The molecule has 3 nitrogen and oxygen atoms in total. The predicted molar refractivity (Wildman–Crippen MR) is 79.6 cm³/mol. The van der Waals surface area contributed by atoms with Crippen LogP contribution < -0.4 is 10.6 Å². The lowest BCUT2D eigenvalue weighted by Gasteiger charge is -2.27. The fourth-order valence-electron chi connectivity index (χ4n) is 2.73. The molecule has 1 aromatic rings. The lowest BCUT2D eigenvalue weighted by Crippen LogP contribution is -2.37. The Morgan fingerprint density at radius 3 is 2.53 bits per heavy atom. The van der Waals surface area contributed by atoms with Gasteiger partial charge in [-0.25, -0.2) is 0 Å². The Labute approximate surface area is 115 Å². The van der Waals surface area contributed by atoms with E-state index in [2.05, 4.69) is 17.6 Å². The van der Waals surface area contributed by atoms with Crippen LogP contribution in [0.4, 0.5) is 5.69 Å². The normalized spacial score (nSPS) is 22.9. The van der Waals surface area contributed by atoms with E-state index in [-0.39, 0.29) is 5.91 Å². The third-order valence-corrected chi connectivity index (χ3v) is 4.04. The molecule has 104 valence electrons. The summed E-state index contributed by atoms with van der Waals surface area (Å²) in [5.41, 5.74) is 2.76. The van der Waals surface area contributed by atoms with Crippen molar-refractivity contribution in [3.8, 4) is 0 Å². The van der Waals surface area contributed by atoms with Crippen molar-refractivity contribution in [3.63, 3.8) is 0 Å². The molecule has 1 fully saturated rings. The van der Waals surface area contributed by atoms with E-state index >= 15 is 0 Å². The molecule has 0 aromatic heterocycles. The quantitative estimate of drug-likeness (QED) is 0.875. The van der Waals surface area contributed by atoms with E-state index < -0.39 is 0 Å². The van der Waals surface area contributed by atoms with Crippen LogP contribution in [0.1, 0.15) is 48.5 Å². The maximum absolute atomic E-state index is 12.4. The van der Waals surface area contributed by atoms with Gasteiger partial charge in [0.25, 0.3) is 5.91 Å². The van der Waals surface area contributed by atoms with E-state index in [9.17, 15) is 4.79 Å². The average Bonchev–Trinajstić information content (AvgIpc) is 2.41. The number of carbonyl (C=O) groups is 1. The molecule has 19 heavy (non-hydrogen) atoms. The molecule has 0 spiro atoms. The molecule has 0 bridgehead atoms. The van der Waals surface area contributed by atoms with Crippen molar-refractivity contribution in [1.82, 2.24) is 5.32 Å². The van der Waals surface area contributed by atoms with Gasteiger partial charge in [0.2, 0.25) is 0 Å². The van der Waals surface area contributed by atoms with Crippen LogP contribution in [0.3, 0.4) is 0 Å². The molecule has 0 saturated heterocycles. The standard InChI is InChI=1S/C16H24N2O/c1-11-4-7-13(8-5-11)18-16(19)14-10-12(2)6-9-15(14)17-3/h6,9-11,13,17H,4-5,7-8H2,1-3H3,(H,18,19). The Morgan fingerprint density at radius 2 is 1.89 bits per heavy atom. The molecule has 0 radical (unpaired) electrons. The highest BCUT2D eigenvalue weighted by molar-refractivity contribution is 6.00. The van der Waals surface area contributed by atoms with Crippen molar-refractivity contribution in [1.29, 1.82) is 0 Å². The van der Waals surface area contributed by atoms with E-state index in [0.717, 1.165) is 35.6 Å². The molecule has 1 saturated carbocycles. The monoisotopic (exact) mass is 260 g/mol. The van der Waals surface area contributed by atoms with Crippen molar-refractivity contribution in [2.45, 2.75) is 45.6 Å². The van der Waals surface area contributed by atoms with Gasteiger partial charge < -0.3 is 10.6 Å². The SMILES string of the molecule is CNc1ccc(C)cc1C(=O)NC1CCC(C)CC1. The molecule has 1 amide bonds. The molecule has 0 heterocycles. The van der Waals surface area contributed by atoms with Crippen molar-refractivity contribution in [2.75, 3.05) is 12.4 Å². The van der Waals surface area contributed by atoms with Gasteiger partial charge in [-0.2, -0.15) is 0 Å². The van der Waals surface area contributed by atoms with Gasteiger partial charge in [-0.15, -0.1) is 0 Å². The fraction of sp³-hybridized carbons (Fsp3) is 0.562. The third-order valence-electron chi connectivity index (χ3n) is 4.04. The maximum Gasteiger partial charge on any atom is 0.253 e. The number of carbonyl (C=O) groups excluding carboxylic acids is 1. The van der Waals surface area contributed by atoms with Crippen molar-refractivity contribution < 1.29 is 4.79 Å². The molecule has 0 aliphatic heterocycles. The Kier molecular flexibility index (Phi) is 4.46. The number of anilines is 1. The van der Waals surface area contributed by atoms with Crippen molar-refractivity contribution in [2.24, 2.45) is 5.92 Å². The summed E-state index contributed by atoms with van der Waals surface area (Å²) in [7, 11) is 1.85. The lowest BCUT2D eigenvalue weighted by atomic mass is 9.87. The molecule has 0 atom stereocenters. The number of aryl methyl sites for hydroxylation is 1. The second-order valence-electron chi connectivity index (χ2n) is 5.73. The minimum atomic E-state index is 0.0487. The van der Waals surface area contributed by atoms with E-state index in [1.165, 1.54) is 12.8 Å². The second-order valence-corrected chi connectivity index (χ2v) is 5.73. The number of benzene rings is 1. The zero-order valence-electron chi connectivity index (χ0n) is 12.1. The highest BCUT2D eigenvalue weighted by atomic mass is 16.1. The molecular weight excluding hydrogens is 236 g/mol. The number of hydrogen-bond donors (Lipinski definition) is 2. The van der Waals surface area contributed by atoms with Crippen LogP contribution in [-0.4, -0.2) is 19.0 Å². The van der Waals surface area contributed by atoms with Crippen LogP contribution in [0, 0.1) is 12.8 Å². The van der Waals surface area contributed by atoms with Gasteiger partial charge in [0.15, 0.2) is 0 Å². The van der Waals surface area contributed by atoms with Crippen LogP contribution in [-0.2, 0) is 0 Å². The summed E-state index contributed by atoms with van der Waals surface area (Å²) >= 11 is 0. The molecule has 3 heteroatoms. The average molecular weight is 260 g/mol. The molecular formula is C16H24N2O. The molecule has 2 rings (SSSR count). The fourth-order valence-corrected chi connectivity index (χ4v) is 2.73. The summed E-state index contributed by atoms with van der Waals surface area (Å²) < 4.78 is 0. The summed E-state index contributed by atoms with van der Waals surface area (Å²) in [6.45, 7) is 4.30. The summed E-state index contributed by atoms with van der Waals surface area (Å²) in [6, 6.07) is 6.28. The molecule has 0 unspecified atom stereocenters. The van der Waals surface area contributed by atoms with Crippen LogP contribution in [0.25, 0.3) is 0 Å². The minimum Gasteiger partial charge on any atom is -0.387 e. The Balaban J connectivity index is 2.05. The minimum absolute atomic E-state index is 0.0487. The van der Waals surface area contributed by atoms with Crippen LogP contribution in [0.2, 0.25) is 0 Å². The molecule has 1 aromatic carbocycles. The largest absolute Gasteiger partial charge is 0.387 e. The molecule has 2 N–H and O–H groups in total. The van der Waals surface area contributed by atoms with Gasteiger partial charge in [0, 0.05) is 18.8 Å². The first-order valence-electron chi connectivity index (χ1n) is 7.19. The zero-order chi connectivity index (χ0) is 13.8. The predicted octanol–water partition coefficient (Wildman–Crippen LogP) is 3.35. The third kappa shape index (κ3) is 3.49. The maximum atomic E-state index is 12.4. The van der Waals surface area contributed by atoms with Gasteiger partial charge in [-0.3, -0.25) is 4.79 Å². The molecule has 1 aliphatic rings. The van der Waals surface area contributed by atoms with E-state index in [4.69, 9.17) is 0 Å². The Bertz CT molecular complexity index is 448. The van der Waals surface area contributed by atoms with E-state index in [1.54, 1.807) is 0 Å². The Morgan fingerprint density at radius 1 is 1.21 bits per heavy atom.